The lowest BCUT2D eigenvalue weighted by molar-refractivity contribution is -0.141. The molecule has 2 N–H and O–H groups in total. The predicted molar refractivity (Wildman–Crippen MR) is 173 cm³/mol. The maximum absolute atomic E-state index is 13.5. The molecule has 2 bridgehead atoms. The molecule has 0 saturated carbocycles. The van der Waals surface area contributed by atoms with Crippen LogP contribution in [0.4, 0.5) is 0 Å². The first-order valence-electron chi connectivity index (χ1n) is 16.3. The molecule has 2 aromatic heterocycles. The molecule has 3 aromatic rings. The molecule has 5 rings (SSSR count). The van der Waals surface area contributed by atoms with E-state index < -0.39 is 0 Å². The molecule has 2 aliphatic rings. The Bertz CT molecular complexity index is 1540. The summed E-state index contributed by atoms with van der Waals surface area (Å²) in [7, 11) is 3.64. The lowest BCUT2D eigenvalue weighted by atomic mass is 9.90. The number of rotatable bonds is 6. The van der Waals surface area contributed by atoms with E-state index in [1.807, 2.05) is 45.3 Å². The number of nitrogens with zero attached hydrogens (tertiary/aromatic N) is 5. The first kappa shape index (κ1) is 32.2. The van der Waals surface area contributed by atoms with E-state index in [4.69, 9.17) is 0 Å². The fraction of sp³-hybridized carbons (Fsp3) is 0.559. The number of H-pyrrole nitrogens is 1. The van der Waals surface area contributed by atoms with Gasteiger partial charge in [-0.05, 0) is 56.1 Å². The summed E-state index contributed by atoms with van der Waals surface area (Å²) in [5.74, 6) is -0.234. The van der Waals surface area contributed by atoms with E-state index in [9.17, 15) is 19.2 Å². The molecule has 4 amide bonds. The second kappa shape index (κ2) is 14.3. The van der Waals surface area contributed by atoms with Crippen LogP contribution in [0.2, 0.25) is 0 Å². The van der Waals surface area contributed by atoms with Crippen LogP contribution in [0.15, 0.2) is 30.5 Å². The van der Waals surface area contributed by atoms with Gasteiger partial charge in [0.25, 0.3) is 5.91 Å². The third-order valence-corrected chi connectivity index (χ3v) is 9.20. The fourth-order valence-electron chi connectivity index (χ4n) is 6.71. The molecule has 1 aromatic carbocycles. The van der Waals surface area contributed by atoms with Crippen molar-refractivity contribution in [3.63, 3.8) is 0 Å². The fourth-order valence-corrected chi connectivity index (χ4v) is 6.71. The molecule has 1 aliphatic heterocycles. The van der Waals surface area contributed by atoms with Crippen molar-refractivity contribution in [2.45, 2.75) is 71.3 Å². The normalized spacial score (nSPS) is 18.9. The number of nitrogens with one attached hydrogen (secondary N) is 2. The van der Waals surface area contributed by atoms with E-state index >= 15 is 0 Å². The van der Waals surface area contributed by atoms with Gasteiger partial charge in [-0.3, -0.25) is 23.9 Å². The second-order valence-corrected chi connectivity index (χ2v) is 12.9. The molecule has 1 aliphatic carbocycles. The summed E-state index contributed by atoms with van der Waals surface area (Å²) in [5, 5.41) is 8.71. The van der Waals surface area contributed by atoms with E-state index in [-0.39, 0.29) is 55.1 Å². The zero-order valence-electron chi connectivity index (χ0n) is 27.1. The van der Waals surface area contributed by atoms with E-state index in [2.05, 4.69) is 21.5 Å². The Kier molecular flexibility index (Phi) is 10.2. The Morgan fingerprint density at radius 1 is 1.07 bits per heavy atom. The summed E-state index contributed by atoms with van der Waals surface area (Å²) >= 11 is 0. The zero-order valence-corrected chi connectivity index (χ0v) is 27.1. The first-order chi connectivity index (χ1) is 21.6. The molecule has 242 valence electrons. The number of carbonyl (C=O) groups excluding carboxylic acids is 4. The molecular weight excluding hydrogens is 570 g/mol. The van der Waals surface area contributed by atoms with Crippen LogP contribution in [0.1, 0.15) is 73.3 Å². The maximum atomic E-state index is 13.5. The van der Waals surface area contributed by atoms with Gasteiger partial charge in [-0.2, -0.15) is 5.10 Å². The van der Waals surface area contributed by atoms with Crippen LogP contribution in [-0.2, 0) is 40.7 Å². The summed E-state index contributed by atoms with van der Waals surface area (Å²) in [5.41, 5.74) is 4.54. The van der Waals surface area contributed by atoms with Gasteiger partial charge in [0.05, 0.1) is 6.54 Å². The van der Waals surface area contributed by atoms with Crippen LogP contribution in [0.25, 0.3) is 10.9 Å². The number of aromatic nitrogens is 3. The average molecular weight is 618 g/mol. The Hall–Kier alpha value is -4.15. The van der Waals surface area contributed by atoms with Crippen LogP contribution in [0.3, 0.4) is 0 Å². The highest BCUT2D eigenvalue weighted by Gasteiger charge is 2.33. The molecule has 11 nitrogen and oxygen atoms in total. The molecule has 0 radical (unpaired) electrons. The molecule has 0 spiro atoms. The van der Waals surface area contributed by atoms with E-state index in [1.165, 1.54) is 10.9 Å². The largest absolute Gasteiger partial charge is 0.361 e. The number of para-hydroxylation sites is 1. The first-order valence-corrected chi connectivity index (χ1v) is 16.3. The number of benzene rings is 1. The Morgan fingerprint density at radius 3 is 2.67 bits per heavy atom. The Labute approximate surface area is 265 Å². The van der Waals surface area contributed by atoms with Gasteiger partial charge in [-0.15, -0.1) is 0 Å². The quantitative estimate of drug-likeness (QED) is 0.440. The number of amides is 4. The predicted octanol–water partition coefficient (Wildman–Crippen LogP) is 3.08. The third kappa shape index (κ3) is 7.57. The van der Waals surface area contributed by atoms with Crippen LogP contribution >= 0.6 is 0 Å². The summed E-state index contributed by atoms with van der Waals surface area (Å²) in [6, 6.07) is 8.07. The Morgan fingerprint density at radius 2 is 1.87 bits per heavy atom. The van der Waals surface area contributed by atoms with Crippen molar-refractivity contribution in [1.82, 2.24) is 34.8 Å². The highest BCUT2D eigenvalue weighted by atomic mass is 16.2. The van der Waals surface area contributed by atoms with Gasteiger partial charge in [0.15, 0.2) is 5.69 Å². The second-order valence-electron chi connectivity index (χ2n) is 12.9. The van der Waals surface area contributed by atoms with Gasteiger partial charge in [-0.25, -0.2) is 0 Å². The maximum Gasteiger partial charge on any atom is 0.272 e. The van der Waals surface area contributed by atoms with Crippen LogP contribution in [0.5, 0.6) is 0 Å². The minimum absolute atomic E-state index is 0.00310. The third-order valence-electron chi connectivity index (χ3n) is 9.20. The number of aromatic amines is 1. The number of fused-ring (bicyclic) bond motifs is 2. The van der Waals surface area contributed by atoms with Crippen molar-refractivity contribution in [3.8, 4) is 0 Å². The summed E-state index contributed by atoms with van der Waals surface area (Å²) in [4.78, 5) is 62.1. The number of likely N-dealkylation sites (N-methyl/N-ethyl adjacent to an activating group) is 1. The highest BCUT2D eigenvalue weighted by molar-refractivity contribution is 5.94. The van der Waals surface area contributed by atoms with Gasteiger partial charge < -0.3 is 25.0 Å². The van der Waals surface area contributed by atoms with Crippen molar-refractivity contribution >= 4 is 34.5 Å². The van der Waals surface area contributed by atoms with Crippen molar-refractivity contribution in [2.75, 3.05) is 39.8 Å². The van der Waals surface area contributed by atoms with Gasteiger partial charge >= 0.3 is 0 Å². The molecule has 3 heterocycles. The minimum atomic E-state index is -0.268. The number of carbonyl (C=O) groups is 4. The topological polar surface area (TPSA) is 124 Å². The van der Waals surface area contributed by atoms with Gasteiger partial charge in [0, 0.05) is 87.5 Å². The minimum Gasteiger partial charge on any atom is -0.361 e. The highest BCUT2D eigenvalue weighted by Crippen LogP contribution is 2.27. The molecular formula is C34H47N7O4. The lowest BCUT2D eigenvalue weighted by Crippen LogP contribution is -2.47. The van der Waals surface area contributed by atoms with Gasteiger partial charge in [0.1, 0.15) is 0 Å². The van der Waals surface area contributed by atoms with E-state index in [1.54, 1.807) is 26.4 Å². The van der Waals surface area contributed by atoms with Crippen LogP contribution < -0.4 is 5.32 Å². The molecule has 0 fully saturated rings. The smallest absolute Gasteiger partial charge is 0.272 e. The SMILES string of the molecule is CC(C)CN1CC(=O)N(C)C2CCc3c(c(nn3C)C(=O)NCCN(C(=O)CCCc3c[nH]c4ccccc34)CCCC1=O)C2. The zero-order chi connectivity index (χ0) is 32.1. The van der Waals surface area contributed by atoms with Crippen LogP contribution in [0, 0.1) is 5.92 Å². The molecule has 11 heteroatoms. The molecule has 1 unspecified atom stereocenters. The molecule has 0 saturated heterocycles. The van der Waals surface area contributed by atoms with E-state index in [0.717, 1.165) is 29.6 Å². The van der Waals surface area contributed by atoms with E-state index in [0.29, 0.717) is 57.4 Å². The number of aryl methyl sites for hydroxylation is 2. The molecule has 1 atom stereocenters. The van der Waals surface area contributed by atoms with Crippen molar-refractivity contribution in [3.05, 3.63) is 53.0 Å². The monoisotopic (exact) mass is 617 g/mol. The average Bonchev–Trinajstić information content (AvgIpc) is 3.59. The number of hydrogen-bond acceptors (Lipinski definition) is 5. The Balaban J connectivity index is 1.31. The summed E-state index contributed by atoms with van der Waals surface area (Å²) in [6.07, 6.45) is 6.60. The lowest BCUT2D eigenvalue weighted by Gasteiger charge is -2.34. The number of hydrogen-bond donors (Lipinski definition) is 2. The van der Waals surface area contributed by atoms with Gasteiger partial charge in [0.2, 0.25) is 17.7 Å². The van der Waals surface area contributed by atoms with Gasteiger partial charge in [-0.1, -0.05) is 32.0 Å². The van der Waals surface area contributed by atoms with Crippen molar-refractivity contribution in [1.29, 1.82) is 0 Å². The summed E-state index contributed by atoms with van der Waals surface area (Å²) < 4.78 is 1.77. The van der Waals surface area contributed by atoms with Crippen molar-refractivity contribution < 1.29 is 19.2 Å². The standard InChI is InChI=1S/C34H47N7O4/c1-23(2)21-41-22-32(44)38(3)25-14-15-29-27(19-25)33(37-39(29)4)34(45)35-16-18-40(17-8-13-31(41)43)30(42)12-7-9-24-20-36-28-11-6-5-10-26(24)28/h5-6,10-11,20,23,25,36H,7-9,12-19,21-22H2,1-4H3,(H,35,45). The molecule has 45 heavy (non-hydrogen) atoms. The summed E-state index contributed by atoms with van der Waals surface area (Å²) in [6.45, 7) is 5.63. The van der Waals surface area contributed by atoms with Crippen LogP contribution in [-0.4, -0.2) is 98.9 Å². The van der Waals surface area contributed by atoms with Crippen molar-refractivity contribution in [2.24, 2.45) is 13.0 Å².